The summed E-state index contributed by atoms with van der Waals surface area (Å²) >= 11 is 0. The zero-order valence-electron chi connectivity index (χ0n) is 16.0. The first-order chi connectivity index (χ1) is 13.8. The number of nitrogens with one attached hydrogen (secondary N) is 1. The standard InChI is InChI=1S/C20H24N2O6S/c1-14-3-2-4-15(11-14)13-28-17-6-8-18(9-7-17)29(26,27)22-12-16(23)5-10-19(22)20(24)21-25/h2-4,6-9,11,16,19,23,25H,5,10,12-13H2,1H3,(H,21,24)/t16?,19-/m1/s1. The number of carbonyl (C=O) groups is 1. The summed E-state index contributed by atoms with van der Waals surface area (Å²) < 4.78 is 32.6. The normalized spacial score (nSPS) is 20.2. The number of ether oxygens (including phenoxy) is 1. The van der Waals surface area contributed by atoms with Crippen molar-refractivity contribution in [1.82, 2.24) is 9.79 Å². The van der Waals surface area contributed by atoms with Crippen molar-refractivity contribution in [2.24, 2.45) is 0 Å². The second-order valence-corrected chi connectivity index (χ2v) is 8.94. The molecule has 9 heteroatoms. The van der Waals surface area contributed by atoms with E-state index in [2.05, 4.69) is 0 Å². The molecule has 0 spiro atoms. The summed E-state index contributed by atoms with van der Waals surface area (Å²) in [7, 11) is -4.04. The van der Waals surface area contributed by atoms with Crippen LogP contribution in [0.4, 0.5) is 0 Å². The highest BCUT2D eigenvalue weighted by atomic mass is 32.2. The molecule has 2 atom stereocenters. The van der Waals surface area contributed by atoms with Gasteiger partial charge in [0.15, 0.2) is 0 Å². The minimum Gasteiger partial charge on any atom is -0.489 e. The number of benzene rings is 2. The average molecular weight is 420 g/mol. The lowest BCUT2D eigenvalue weighted by molar-refractivity contribution is -0.135. The fraction of sp³-hybridized carbons (Fsp3) is 0.350. The maximum Gasteiger partial charge on any atom is 0.261 e. The van der Waals surface area contributed by atoms with Gasteiger partial charge in [0.05, 0.1) is 11.0 Å². The van der Waals surface area contributed by atoms with Crippen LogP contribution in [-0.2, 0) is 21.4 Å². The fourth-order valence-corrected chi connectivity index (χ4v) is 4.99. The summed E-state index contributed by atoms with van der Waals surface area (Å²) in [6.45, 7) is 2.13. The maximum atomic E-state index is 13.0. The van der Waals surface area contributed by atoms with Gasteiger partial charge in [-0.3, -0.25) is 10.0 Å². The Balaban J connectivity index is 1.75. The highest BCUT2D eigenvalue weighted by Crippen LogP contribution is 2.27. The third-order valence-electron chi connectivity index (χ3n) is 4.84. The number of sulfonamides is 1. The van der Waals surface area contributed by atoms with Gasteiger partial charge in [-0.25, -0.2) is 13.9 Å². The van der Waals surface area contributed by atoms with Crippen LogP contribution in [0.5, 0.6) is 5.75 Å². The van der Waals surface area contributed by atoms with Crippen molar-refractivity contribution in [3.63, 3.8) is 0 Å². The van der Waals surface area contributed by atoms with Gasteiger partial charge in [-0.15, -0.1) is 0 Å². The van der Waals surface area contributed by atoms with Crippen LogP contribution in [0.2, 0.25) is 0 Å². The Labute approximate surface area is 169 Å². The van der Waals surface area contributed by atoms with Gasteiger partial charge in [-0.1, -0.05) is 29.8 Å². The second kappa shape index (κ2) is 8.91. The molecule has 156 valence electrons. The Morgan fingerprint density at radius 1 is 1.21 bits per heavy atom. The van der Waals surface area contributed by atoms with Crippen LogP contribution in [0.15, 0.2) is 53.4 Å². The van der Waals surface area contributed by atoms with Gasteiger partial charge in [-0.2, -0.15) is 4.31 Å². The van der Waals surface area contributed by atoms with Crippen molar-refractivity contribution >= 4 is 15.9 Å². The monoisotopic (exact) mass is 420 g/mol. The van der Waals surface area contributed by atoms with Gasteiger partial charge in [0.2, 0.25) is 10.0 Å². The van der Waals surface area contributed by atoms with E-state index < -0.39 is 28.1 Å². The predicted octanol–water partition coefficient (Wildman–Crippen LogP) is 1.59. The molecule has 8 nitrogen and oxygen atoms in total. The minimum atomic E-state index is -4.04. The molecule has 1 fully saturated rings. The molecular formula is C20H24N2O6S. The molecule has 1 aliphatic heterocycles. The number of hydrogen-bond acceptors (Lipinski definition) is 6. The molecule has 0 bridgehead atoms. The van der Waals surface area contributed by atoms with Gasteiger partial charge in [0.25, 0.3) is 5.91 Å². The third kappa shape index (κ3) is 4.94. The number of aliphatic hydroxyl groups excluding tert-OH is 1. The average Bonchev–Trinajstić information content (AvgIpc) is 2.72. The number of nitrogens with zero attached hydrogens (tertiary/aromatic N) is 1. The number of carbonyl (C=O) groups excluding carboxylic acids is 1. The van der Waals surface area contributed by atoms with Gasteiger partial charge in [-0.05, 0) is 49.6 Å². The Morgan fingerprint density at radius 3 is 2.59 bits per heavy atom. The van der Waals surface area contributed by atoms with Crippen LogP contribution in [0, 0.1) is 6.92 Å². The number of hydroxylamine groups is 1. The van der Waals surface area contributed by atoms with Gasteiger partial charge in [0.1, 0.15) is 18.4 Å². The maximum absolute atomic E-state index is 13.0. The molecule has 1 amide bonds. The van der Waals surface area contributed by atoms with Crippen molar-refractivity contribution in [3.05, 3.63) is 59.7 Å². The molecular weight excluding hydrogens is 396 g/mol. The van der Waals surface area contributed by atoms with E-state index >= 15 is 0 Å². The van der Waals surface area contributed by atoms with Crippen LogP contribution in [0.3, 0.4) is 0 Å². The molecule has 2 aromatic carbocycles. The molecule has 1 unspecified atom stereocenters. The molecule has 1 saturated heterocycles. The van der Waals surface area contributed by atoms with Crippen LogP contribution in [0.25, 0.3) is 0 Å². The van der Waals surface area contributed by atoms with E-state index in [1.165, 1.54) is 17.6 Å². The van der Waals surface area contributed by atoms with E-state index in [4.69, 9.17) is 9.94 Å². The SMILES string of the molecule is Cc1cccc(COc2ccc(S(=O)(=O)N3CC(O)CC[C@@H]3C(=O)NO)cc2)c1. The smallest absolute Gasteiger partial charge is 0.261 e. The summed E-state index contributed by atoms with van der Waals surface area (Å²) in [5, 5.41) is 18.8. The molecule has 0 aromatic heterocycles. The number of aliphatic hydroxyl groups is 1. The summed E-state index contributed by atoms with van der Waals surface area (Å²) in [6.07, 6.45) is -0.482. The Hall–Kier alpha value is -2.46. The highest BCUT2D eigenvalue weighted by molar-refractivity contribution is 7.89. The van der Waals surface area contributed by atoms with E-state index in [-0.39, 0.29) is 24.3 Å². The Bertz CT molecular complexity index is 961. The minimum absolute atomic E-state index is 0.0229. The first kappa shape index (κ1) is 21.3. The van der Waals surface area contributed by atoms with Crippen molar-refractivity contribution in [2.45, 2.75) is 43.4 Å². The molecule has 1 heterocycles. The lowest BCUT2D eigenvalue weighted by Gasteiger charge is -2.35. The highest BCUT2D eigenvalue weighted by Gasteiger charge is 2.40. The zero-order chi connectivity index (χ0) is 21.0. The molecule has 3 N–H and O–H groups in total. The Morgan fingerprint density at radius 2 is 1.93 bits per heavy atom. The molecule has 0 saturated carbocycles. The van der Waals surface area contributed by atoms with E-state index in [1.807, 2.05) is 31.2 Å². The first-order valence-corrected chi connectivity index (χ1v) is 10.7. The quantitative estimate of drug-likeness (QED) is 0.483. The number of hydrogen-bond donors (Lipinski definition) is 3. The molecule has 0 radical (unpaired) electrons. The van der Waals surface area contributed by atoms with Crippen molar-refractivity contribution in [1.29, 1.82) is 0 Å². The predicted molar refractivity (Wildman–Crippen MR) is 105 cm³/mol. The molecule has 2 aromatic rings. The zero-order valence-corrected chi connectivity index (χ0v) is 16.8. The number of amides is 1. The van der Waals surface area contributed by atoms with E-state index in [1.54, 1.807) is 12.1 Å². The topological polar surface area (TPSA) is 116 Å². The van der Waals surface area contributed by atoms with Gasteiger partial charge in [0, 0.05) is 6.54 Å². The molecule has 0 aliphatic carbocycles. The van der Waals surface area contributed by atoms with Gasteiger partial charge >= 0.3 is 0 Å². The van der Waals surface area contributed by atoms with Crippen LogP contribution < -0.4 is 10.2 Å². The first-order valence-electron chi connectivity index (χ1n) is 9.23. The number of aryl methyl sites for hydroxylation is 1. The summed E-state index contributed by atoms with van der Waals surface area (Å²) in [6, 6.07) is 12.7. The molecule has 3 rings (SSSR count). The van der Waals surface area contributed by atoms with Crippen LogP contribution in [0.1, 0.15) is 24.0 Å². The number of rotatable bonds is 6. The largest absolute Gasteiger partial charge is 0.489 e. The molecule has 29 heavy (non-hydrogen) atoms. The third-order valence-corrected chi connectivity index (χ3v) is 6.73. The van der Waals surface area contributed by atoms with Crippen molar-refractivity contribution in [2.75, 3.05) is 6.54 Å². The lowest BCUT2D eigenvalue weighted by atomic mass is 10.0. The van der Waals surface area contributed by atoms with Crippen LogP contribution >= 0.6 is 0 Å². The fourth-order valence-electron chi connectivity index (χ4n) is 3.33. The molecule has 1 aliphatic rings. The van der Waals surface area contributed by atoms with E-state index in [0.717, 1.165) is 15.4 Å². The van der Waals surface area contributed by atoms with E-state index in [9.17, 15) is 18.3 Å². The van der Waals surface area contributed by atoms with Crippen LogP contribution in [-0.4, -0.2) is 47.6 Å². The summed E-state index contributed by atoms with van der Waals surface area (Å²) in [5.74, 6) is -0.313. The van der Waals surface area contributed by atoms with E-state index in [0.29, 0.717) is 12.4 Å². The van der Waals surface area contributed by atoms with Crippen molar-refractivity contribution < 1.29 is 28.3 Å². The van der Waals surface area contributed by atoms with Crippen molar-refractivity contribution in [3.8, 4) is 5.75 Å². The van der Waals surface area contributed by atoms with Gasteiger partial charge < -0.3 is 9.84 Å². The summed E-state index contributed by atoms with van der Waals surface area (Å²) in [5.41, 5.74) is 3.63. The second-order valence-electron chi connectivity index (χ2n) is 7.05. The summed E-state index contributed by atoms with van der Waals surface area (Å²) in [4.78, 5) is 11.9. The number of piperidine rings is 1. The number of β-amino-alcohol motifs (C(OH)–C–C–N with tert-alkyl or cyclic N) is 1. The Kier molecular flexibility index (Phi) is 6.53. The lowest BCUT2D eigenvalue weighted by Crippen LogP contribution is -2.54.